The molecule has 0 aliphatic carbocycles. The third-order valence-electron chi connectivity index (χ3n) is 2.41. The van der Waals surface area contributed by atoms with E-state index >= 15 is 0 Å². The molecule has 1 atom stereocenters. The van der Waals surface area contributed by atoms with Crippen molar-refractivity contribution in [3.05, 3.63) is 29.0 Å². The molecule has 80 valence electrons. The Morgan fingerprint density at radius 3 is 2.80 bits per heavy atom. The van der Waals surface area contributed by atoms with Gasteiger partial charge in [-0.2, -0.15) is 0 Å². The van der Waals surface area contributed by atoms with Crippen LogP contribution in [0.4, 0.5) is 0 Å². The van der Waals surface area contributed by atoms with Crippen molar-refractivity contribution in [1.82, 2.24) is 9.55 Å². The molecule has 0 aliphatic heterocycles. The van der Waals surface area contributed by atoms with Gasteiger partial charge in [0.2, 0.25) is 0 Å². The Bertz CT molecular complexity index is 489. The number of benzene rings is 1. The fourth-order valence-corrected chi connectivity index (χ4v) is 2.09. The molecule has 0 fully saturated rings. The Morgan fingerprint density at radius 1 is 1.47 bits per heavy atom. The molecule has 2 rings (SSSR count). The number of halogens is 2. The summed E-state index contributed by atoms with van der Waals surface area (Å²) < 4.78 is 2.11. The van der Waals surface area contributed by atoms with Crippen LogP contribution in [0.5, 0.6) is 0 Å². The zero-order valence-electron chi connectivity index (χ0n) is 8.67. The SMILES string of the molecule is CCn1c(C(C)Cl)nc2cc(Cl)ccc21. The van der Waals surface area contributed by atoms with Crippen molar-refractivity contribution in [3.63, 3.8) is 0 Å². The molecule has 1 aromatic heterocycles. The summed E-state index contributed by atoms with van der Waals surface area (Å²) in [5.41, 5.74) is 2.00. The summed E-state index contributed by atoms with van der Waals surface area (Å²) in [6.45, 7) is 4.87. The minimum atomic E-state index is -0.0869. The molecule has 0 bridgehead atoms. The Morgan fingerprint density at radius 2 is 2.20 bits per heavy atom. The Hall–Kier alpha value is -0.730. The second kappa shape index (κ2) is 4.03. The minimum Gasteiger partial charge on any atom is -0.327 e. The largest absolute Gasteiger partial charge is 0.327 e. The molecule has 1 heterocycles. The highest BCUT2D eigenvalue weighted by atomic mass is 35.5. The number of aryl methyl sites for hydroxylation is 1. The van der Waals surface area contributed by atoms with E-state index in [0.29, 0.717) is 5.02 Å². The maximum atomic E-state index is 6.08. The summed E-state index contributed by atoms with van der Waals surface area (Å²) in [7, 11) is 0. The van der Waals surface area contributed by atoms with Gasteiger partial charge in [-0.25, -0.2) is 4.98 Å². The van der Waals surface area contributed by atoms with Crippen LogP contribution in [0.25, 0.3) is 11.0 Å². The first-order valence-corrected chi connectivity index (χ1v) is 5.74. The van der Waals surface area contributed by atoms with Crippen molar-refractivity contribution in [2.24, 2.45) is 0 Å². The van der Waals surface area contributed by atoms with E-state index in [1.165, 1.54) is 0 Å². The molecule has 4 heteroatoms. The summed E-state index contributed by atoms with van der Waals surface area (Å²) in [4.78, 5) is 4.49. The first kappa shape index (κ1) is 10.8. The number of alkyl halides is 1. The third kappa shape index (κ3) is 1.84. The van der Waals surface area contributed by atoms with Crippen molar-refractivity contribution in [2.45, 2.75) is 25.8 Å². The molecular formula is C11H12Cl2N2. The number of nitrogens with zero attached hydrogens (tertiary/aromatic N) is 2. The molecule has 0 saturated heterocycles. The second-order valence-corrected chi connectivity index (χ2v) is 4.55. The number of imidazole rings is 1. The van der Waals surface area contributed by atoms with E-state index in [-0.39, 0.29) is 5.38 Å². The van der Waals surface area contributed by atoms with Gasteiger partial charge in [-0.1, -0.05) is 11.6 Å². The third-order valence-corrected chi connectivity index (χ3v) is 2.84. The maximum absolute atomic E-state index is 6.08. The van der Waals surface area contributed by atoms with Gasteiger partial charge in [-0.15, -0.1) is 11.6 Å². The quantitative estimate of drug-likeness (QED) is 0.728. The van der Waals surface area contributed by atoms with Gasteiger partial charge in [0.25, 0.3) is 0 Å². The van der Waals surface area contributed by atoms with Crippen LogP contribution in [-0.2, 0) is 6.54 Å². The van der Waals surface area contributed by atoms with Crippen molar-refractivity contribution in [2.75, 3.05) is 0 Å². The molecule has 1 unspecified atom stereocenters. The predicted octanol–water partition coefficient (Wildman–Crippen LogP) is 4.01. The lowest BCUT2D eigenvalue weighted by atomic mass is 10.3. The van der Waals surface area contributed by atoms with Crippen LogP contribution in [0.2, 0.25) is 5.02 Å². The number of rotatable bonds is 2. The molecule has 1 aromatic carbocycles. The van der Waals surface area contributed by atoms with Gasteiger partial charge >= 0.3 is 0 Å². The standard InChI is InChI=1S/C11H12Cl2N2/c1-3-15-10-5-4-8(13)6-9(10)14-11(15)7(2)12/h4-7H,3H2,1-2H3. The summed E-state index contributed by atoms with van der Waals surface area (Å²) >= 11 is 12.0. The van der Waals surface area contributed by atoms with Crippen LogP contribution in [-0.4, -0.2) is 9.55 Å². The monoisotopic (exact) mass is 242 g/mol. The smallest absolute Gasteiger partial charge is 0.127 e. The van der Waals surface area contributed by atoms with Gasteiger partial charge in [-0.05, 0) is 32.0 Å². The summed E-state index contributed by atoms with van der Waals surface area (Å²) in [6.07, 6.45) is 0. The number of hydrogen-bond donors (Lipinski definition) is 0. The molecule has 2 nitrogen and oxygen atoms in total. The molecule has 2 aromatic rings. The van der Waals surface area contributed by atoms with E-state index in [4.69, 9.17) is 23.2 Å². The highest BCUT2D eigenvalue weighted by molar-refractivity contribution is 6.31. The first-order valence-electron chi connectivity index (χ1n) is 4.93. The lowest BCUT2D eigenvalue weighted by molar-refractivity contribution is 0.717. The van der Waals surface area contributed by atoms with Gasteiger partial charge in [0.05, 0.1) is 16.4 Å². The molecule has 0 saturated carbocycles. The molecule has 0 N–H and O–H groups in total. The van der Waals surface area contributed by atoms with Crippen molar-refractivity contribution >= 4 is 34.2 Å². The number of aromatic nitrogens is 2. The van der Waals surface area contributed by atoms with E-state index in [2.05, 4.69) is 16.5 Å². The highest BCUT2D eigenvalue weighted by Gasteiger charge is 2.13. The predicted molar refractivity (Wildman–Crippen MR) is 64.7 cm³/mol. The molecular weight excluding hydrogens is 231 g/mol. The summed E-state index contributed by atoms with van der Waals surface area (Å²) in [5, 5.41) is 0.619. The van der Waals surface area contributed by atoms with Crippen LogP contribution >= 0.6 is 23.2 Å². The van der Waals surface area contributed by atoms with Gasteiger partial charge in [-0.3, -0.25) is 0 Å². The lowest BCUT2D eigenvalue weighted by Crippen LogP contribution is -2.01. The Kier molecular flexibility index (Phi) is 2.89. The second-order valence-electron chi connectivity index (χ2n) is 3.46. The molecule has 0 aliphatic rings. The van der Waals surface area contributed by atoms with Crippen molar-refractivity contribution < 1.29 is 0 Å². The van der Waals surface area contributed by atoms with Crippen LogP contribution in [0.1, 0.15) is 25.0 Å². The number of hydrogen-bond acceptors (Lipinski definition) is 1. The summed E-state index contributed by atoms with van der Waals surface area (Å²) in [6, 6.07) is 5.73. The van der Waals surface area contributed by atoms with E-state index in [0.717, 1.165) is 23.4 Å². The van der Waals surface area contributed by atoms with Crippen LogP contribution in [0, 0.1) is 0 Å². The van der Waals surface area contributed by atoms with Crippen LogP contribution < -0.4 is 0 Å². The van der Waals surface area contributed by atoms with E-state index in [1.807, 2.05) is 25.1 Å². The minimum absolute atomic E-state index is 0.0869. The van der Waals surface area contributed by atoms with Gasteiger partial charge in [0, 0.05) is 11.6 Å². The van der Waals surface area contributed by atoms with Crippen molar-refractivity contribution in [1.29, 1.82) is 0 Å². The van der Waals surface area contributed by atoms with Crippen molar-refractivity contribution in [3.8, 4) is 0 Å². The number of fused-ring (bicyclic) bond motifs is 1. The average molecular weight is 243 g/mol. The van der Waals surface area contributed by atoms with Gasteiger partial charge < -0.3 is 4.57 Å². The topological polar surface area (TPSA) is 17.8 Å². The van der Waals surface area contributed by atoms with Gasteiger partial charge in [0.1, 0.15) is 5.82 Å². The zero-order chi connectivity index (χ0) is 11.0. The van der Waals surface area contributed by atoms with Crippen LogP contribution in [0.3, 0.4) is 0 Å². The van der Waals surface area contributed by atoms with E-state index < -0.39 is 0 Å². The molecule has 0 amide bonds. The van der Waals surface area contributed by atoms with Gasteiger partial charge in [0.15, 0.2) is 0 Å². The first-order chi connectivity index (χ1) is 7.13. The Labute approximate surface area is 98.8 Å². The maximum Gasteiger partial charge on any atom is 0.127 e. The van der Waals surface area contributed by atoms with Crippen LogP contribution in [0.15, 0.2) is 18.2 Å². The normalized spacial score (nSPS) is 13.3. The molecule has 0 radical (unpaired) electrons. The summed E-state index contributed by atoms with van der Waals surface area (Å²) in [5.74, 6) is 0.899. The van der Waals surface area contributed by atoms with E-state index in [9.17, 15) is 0 Å². The molecule has 0 spiro atoms. The highest BCUT2D eigenvalue weighted by Crippen LogP contribution is 2.26. The molecule has 15 heavy (non-hydrogen) atoms. The lowest BCUT2D eigenvalue weighted by Gasteiger charge is -2.06. The van der Waals surface area contributed by atoms with E-state index in [1.54, 1.807) is 0 Å². The average Bonchev–Trinajstić information content (AvgIpc) is 2.55. The zero-order valence-corrected chi connectivity index (χ0v) is 10.2. The Balaban J connectivity index is 2.73. The fourth-order valence-electron chi connectivity index (χ4n) is 1.76. The fraction of sp³-hybridized carbons (Fsp3) is 0.364.